The van der Waals surface area contributed by atoms with Crippen molar-refractivity contribution >= 4 is 22.8 Å². The van der Waals surface area contributed by atoms with Crippen molar-refractivity contribution in [2.75, 3.05) is 13.2 Å². The zero-order valence-electron chi connectivity index (χ0n) is 13.2. The number of carbonyl (C=O) groups excluding carboxylic acids is 1. The maximum absolute atomic E-state index is 11.8. The zero-order chi connectivity index (χ0) is 16.6. The molecule has 0 spiro atoms. The Morgan fingerprint density at radius 1 is 0.833 bits per heavy atom. The van der Waals surface area contributed by atoms with E-state index in [0.29, 0.717) is 6.61 Å². The van der Waals surface area contributed by atoms with Crippen LogP contribution in [0.15, 0.2) is 78.9 Å². The van der Waals surface area contributed by atoms with Gasteiger partial charge in [0.25, 0.3) is 0 Å². The average Bonchev–Trinajstić information content (AvgIpc) is 2.64. The number of hydrogen-bond donors (Lipinski definition) is 0. The molecule has 3 heteroatoms. The Balaban J connectivity index is 1.52. The van der Waals surface area contributed by atoms with Gasteiger partial charge in [0.05, 0.1) is 0 Å². The van der Waals surface area contributed by atoms with E-state index in [1.807, 2.05) is 72.8 Å². The molecule has 0 saturated heterocycles. The third-order valence-electron chi connectivity index (χ3n) is 3.56. The van der Waals surface area contributed by atoms with Crippen molar-refractivity contribution in [3.8, 4) is 5.75 Å². The molecular weight excluding hydrogens is 300 g/mol. The second-order valence-electron chi connectivity index (χ2n) is 5.23. The van der Waals surface area contributed by atoms with Crippen molar-refractivity contribution in [2.45, 2.75) is 0 Å². The molecule has 0 aliphatic heterocycles. The quantitative estimate of drug-likeness (QED) is 0.382. The van der Waals surface area contributed by atoms with E-state index in [9.17, 15) is 4.79 Å². The first-order valence-electron chi connectivity index (χ1n) is 7.83. The Morgan fingerprint density at radius 2 is 1.58 bits per heavy atom. The summed E-state index contributed by atoms with van der Waals surface area (Å²) in [4.78, 5) is 11.8. The Hall–Kier alpha value is -3.07. The Labute approximate surface area is 141 Å². The van der Waals surface area contributed by atoms with Crippen LogP contribution in [0.5, 0.6) is 5.75 Å². The fourth-order valence-electron chi connectivity index (χ4n) is 2.42. The SMILES string of the molecule is O=C(C=Cc1cccc2ccccc12)OCCOc1ccccc1. The molecule has 3 nitrogen and oxygen atoms in total. The monoisotopic (exact) mass is 318 g/mol. The van der Waals surface area contributed by atoms with Gasteiger partial charge in [0.2, 0.25) is 0 Å². The molecule has 24 heavy (non-hydrogen) atoms. The molecule has 3 aromatic carbocycles. The van der Waals surface area contributed by atoms with Crippen LogP contribution in [-0.4, -0.2) is 19.2 Å². The number of carbonyl (C=O) groups is 1. The summed E-state index contributed by atoms with van der Waals surface area (Å²) in [5, 5.41) is 2.25. The van der Waals surface area contributed by atoms with Crippen molar-refractivity contribution in [1.29, 1.82) is 0 Å². The van der Waals surface area contributed by atoms with E-state index >= 15 is 0 Å². The van der Waals surface area contributed by atoms with Gasteiger partial charge in [-0.15, -0.1) is 0 Å². The molecule has 0 aliphatic rings. The summed E-state index contributed by atoms with van der Waals surface area (Å²) in [5.41, 5.74) is 0.991. The van der Waals surface area contributed by atoms with Gasteiger partial charge in [-0.05, 0) is 34.5 Å². The second kappa shape index (κ2) is 7.97. The van der Waals surface area contributed by atoms with Gasteiger partial charge >= 0.3 is 5.97 Å². The number of rotatable bonds is 6. The van der Waals surface area contributed by atoms with Gasteiger partial charge in [0, 0.05) is 6.08 Å². The fourth-order valence-corrected chi connectivity index (χ4v) is 2.42. The van der Waals surface area contributed by atoms with E-state index in [1.165, 1.54) is 6.08 Å². The molecule has 0 saturated carbocycles. The normalized spacial score (nSPS) is 10.8. The van der Waals surface area contributed by atoms with Crippen molar-refractivity contribution in [3.63, 3.8) is 0 Å². The van der Waals surface area contributed by atoms with E-state index in [-0.39, 0.29) is 12.6 Å². The number of para-hydroxylation sites is 1. The summed E-state index contributed by atoms with van der Waals surface area (Å²) < 4.78 is 10.6. The minimum absolute atomic E-state index is 0.216. The lowest BCUT2D eigenvalue weighted by atomic mass is 10.0. The van der Waals surface area contributed by atoms with Gasteiger partial charge in [-0.3, -0.25) is 0 Å². The molecule has 0 unspecified atom stereocenters. The second-order valence-corrected chi connectivity index (χ2v) is 5.23. The Bertz CT molecular complexity index is 833. The highest BCUT2D eigenvalue weighted by atomic mass is 16.6. The summed E-state index contributed by atoms with van der Waals surface area (Å²) in [5.74, 6) is 0.388. The topological polar surface area (TPSA) is 35.5 Å². The molecule has 0 aliphatic carbocycles. The van der Waals surface area contributed by atoms with Crippen LogP contribution in [0.1, 0.15) is 5.56 Å². The van der Waals surface area contributed by atoms with Crippen LogP contribution in [0.4, 0.5) is 0 Å². The standard InChI is InChI=1S/C21H18O3/c22-21(24-16-15-23-19-10-2-1-3-11-19)14-13-18-9-6-8-17-7-4-5-12-20(17)18/h1-14H,15-16H2. The first-order chi connectivity index (χ1) is 11.8. The zero-order valence-corrected chi connectivity index (χ0v) is 13.2. The highest BCUT2D eigenvalue weighted by Crippen LogP contribution is 2.19. The van der Waals surface area contributed by atoms with Crippen LogP contribution in [0, 0.1) is 0 Å². The molecule has 0 fully saturated rings. The van der Waals surface area contributed by atoms with Crippen LogP contribution in [-0.2, 0) is 9.53 Å². The van der Waals surface area contributed by atoms with Crippen LogP contribution < -0.4 is 4.74 Å². The first-order valence-corrected chi connectivity index (χ1v) is 7.83. The number of ether oxygens (including phenoxy) is 2. The van der Waals surface area contributed by atoms with Crippen LogP contribution in [0.2, 0.25) is 0 Å². The minimum Gasteiger partial charge on any atom is -0.490 e. The van der Waals surface area contributed by atoms with Crippen molar-refractivity contribution < 1.29 is 14.3 Å². The van der Waals surface area contributed by atoms with Gasteiger partial charge in [0.15, 0.2) is 0 Å². The van der Waals surface area contributed by atoms with Crippen molar-refractivity contribution in [2.24, 2.45) is 0 Å². The van der Waals surface area contributed by atoms with Crippen LogP contribution in [0.25, 0.3) is 16.8 Å². The summed E-state index contributed by atoms with van der Waals surface area (Å²) in [6.07, 6.45) is 3.23. The summed E-state index contributed by atoms with van der Waals surface area (Å²) >= 11 is 0. The molecule has 3 aromatic rings. The Kier molecular flexibility index (Phi) is 5.25. The predicted octanol–water partition coefficient (Wildman–Crippen LogP) is 4.48. The summed E-state index contributed by atoms with van der Waals surface area (Å²) in [6.45, 7) is 0.547. The Morgan fingerprint density at radius 3 is 2.46 bits per heavy atom. The van der Waals surface area contributed by atoms with E-state index in [0.717, 1.165) is 22.1 Å². The molecule has 0 amide bonds. The molecule has 0 N–H and O–H groups in total. The molecule has 0 bridgehead atoms. The third-order valence-corrected chi connectivity index (χ3v) is 3.56. The van der Waals surface area contributed by atoms with E-state index < -0.39 is 0 Å². The molecule has 0 radical (unpaired) electrons. The van der Waals surface area contributed by atoms with Gasteiger partial charge in [-0.25, -0.2) is 4.79 Å². The number of esters is 1. The van der Waals surface area contributed by atoms with Gasteiger partial charge in [0.1, 0.15) is 19.0 Å². The van der Waals surface area contributed by atoms with E-state index in [2.05, 4.69) is 0 Å². The molecule has 0 aromatic heterocycles. The molecule has 0 heterocycles. The number of hydrogen-bond acceptors (Lipinski definition) is 3. The lowest BCUT2D eigenvalue weighted by Crippen LogP contribution is -2.10. The smallest absolute Gasteiger partial charge is 0.330 e. The molecular formula is C21H18O3. The van der Waals surface area contributed by atoms with E-state index in [1.54, 1.807) is 6.08 Å². The number of fused-ring (bicyclic) bond motifs is 1. The minimum atomic E-state index is -0.375. The largest absolute Gasteiger partial charge is 0.490 e. The van der Waals surface area contributed by atoms with Gasteiger partial charge in [-0.2, -0.15) is 0 Å². The molecule has 120 valence electrons. The van der Waals surface area contributed by atoms with Crippen molar-refractivity contribution in [1.82, 2.24) is 0 Å². The highest BCUT2D eigenvalue weighted by molar-refractivity contribution is 5.94. The lowest BCUT2D eigenvalue weighted by molar-refractivity contribution is -0.138. The van der Waals surface area contributed by atoms with Crippen molar-refractivity contribution in [3.05, 3.63) is 84.4 Å². The summed E-state index contributed by atoms with van der Waals surface area (Å²) in [7, 11) is 0. The van der Waals surface area contributed by atoms with Gasteiger partial charge in [-0.1, -0.05) is 60.7 Å². The predicted molar refractivity (Wildman–Crippen MR) is 95.9 cm³/mol. The third kappa shape index (κ3) is 4.23. The molecule has 3 rings (SSSR count). The summed E-state index contributed by atoms with van der Waals surface area (Å²) in [6, 6.07) is 23.5. The van der Waals surface area contributed by atoms with E-state index in [4.69, 9.17) is 9.47 Å². The highest BCUT2D eigenvalue weighted by Gasteiger charge is 2.00. The van der Waals surface area contributed by atoms with Gasteiger partial charge < -0.3 is 9.47 Å². The average molecular weight is 318 g/mol. The fraction of sp³-hybridized carbons (Fsp3) is 0.0952. The van der Waals surface area contributed by atoms with Crippen LogP contribution >= 0.6 is 0 Å². The van der Waals surface area contributed by atoms with Crippen LogP contribution in [0.3, 0.4) is 0 Å². The maximum Gasteiger partial charge on any atom is 0.330 e. The number of benzene rings is 3. The first kappa shape index (κ1) is 15.8. The maximum atomic E-state index is 11.8. The lowest BCUT2D eigenvalue weighted by Gasteiger charge is -2.06. The molecule has 0 atom stereocenters.